The molecule has 2 aromatic carbocycles. The third-order valence-electron chi connectivity index (χ3n) is 3.78. The highest BCUT2D eigenvalue weighted by molar-refractivity contribution is 6.31. The molecule has 2 N–H and O–H groups in total. The predicted octanol–water partition coefficient (Wildman–Crippen LogP) is 4.74. The van der Waals surface area contributed by atoms with E-state index in [-0.39, 0.29) is 0 Å². The maximum Gasteiger partial charge on any atom is 0.224 e. The average molecular weight is 338 g/mol. The summed E-state index contributed by atoms with van der Waals surface area (Å²) in [6.45, 7) is 2.36. The molecule has 0 spiro atoms. The summed E-state index contributed by atoms with van der Waals surface area (Å²) >= 11 is 6.25. The zero-order valence-electron chi connectivity index (χ0n) is 13.2. The van der Waals surface area contributed by atoms with Crippen molar-refractivity contribution in [1.29, 1.82) is 5.26 Å². The Morgan fingerprint density at radius 3 is 2.58 bits per heavy atom. The van der Waals surface area contributed by atoms with Crippen LogP contribution in [0.2, 0.25) is 5.02 Å². The molecule has 0 amide bonds. The van der Waals surface area contributed by atoms with Gasteiger partial charge in [-0.3, -0.25) is 4.57 Å². The molecule has 5 heteroatoms. The van der Waals surface area contributed by atoms with Gasteiger partial charge < -0.3 is 10.5 Å². The van der Waals surface area contributed by atoms with Gasteiger partial charge in [0.15, 0.2) is 0 Å². The molecule has 0 unspecified atom stereocenters. The summed E-state index contributed by atoms with van der Waals surface area (Å²) in [6.07, 6.45) is 0. The zero-order chi connectivity index (χ0) is 17.1. The third-order valence-corrected chi connectivity index (χ3v) is 4.14. The second kappa shape index (κ2) is 6.69. The molecule has 1 heterocycles. The lowest BCUT2D eigenvalue weighted by molar-refractivity contribution is 0.434. The highest BCUT2D eigenvalue weighted by atomic mass is 35.5. The van der Waals surface area contributed by atoms with Crippen LogP contribution in [0.3, 0.4) is 0 Å². The molecule has 0 aliphatic rings. The number of nitrogens with zero attached hydrogens (tertiary/aromatic N) is 2. The van der Waals surface area contributed by atoms with E-state index in [2.05, 4.69) is 6.07 Å². The molecule has 0 aliphatic carbocycles. The summed E-state index contributed by atoms with van der Waals surface area (Å²) in [5, 5.41) is 10.0. The monoisotopic (exact) mass is 337 g/mol. The Hall–Kier alpha value is -2.90. The van der Waals surface area contributed by atoms with Crippen LogP contribution in [-0.4, -0.2) is 4.57 Å². The summed E-state index contributed by atoms with van der Waals surface area (Å²) in [4.78, 5) is 0. The molecule has 24 heavy (non-hydrogen) atoms. The highest BCUT2D eigenvalue weighted by Gasteiger charge is 2.17. The first-order valence-corrected chi connectivity index (χ1v) is 7.84. The Kier molecular flexibility index (Phi) is 4.45. The lowest BCUT2D eigenvalue weighted by Gasteiger charge is -2.14. The van der Waals surface area contributed by atoms with Crippen molar-refractivity contribution in [3.05, 3.63) is 76.4 Å². The first kappa shape index (κ1) is 16.0. The summed E-state index contributed by atoms with van der Waals surface area (Å²) in [5.74, 6) is 1.15. The minimum absolute atomic E-state index is 0.404. The van der Waals surface area contributed by atoms with Crippen molar-refractivity contribution in [3.63, 3.8) is 0 Å². The molecule has 0 saturated carbocycles. The minimum Gasteiger partial charge on any atom is -0.438 e. The van der Waals surface area contributed by atoms with Gasteiger partial charge in [-0.15, -0.1) is 0 Å². The van der Waals surface area contributed by atoms with Crippen molar-refractivity contribution in [2.75, 3.05) is 5.73 Å². The Morgan fingerprint density at radius 2 is 1.88 bits per heavy atom. The maximum absolute atomic E-state index is 9.41. The van der Waals surface area contributed by atoms with Crippen LogP contribution in [-0.2, 0) is 6.54 Å². The van der Waals surface area contributed by atoms with Crippen molar-refractivity contribution in [2.24, 2.45) is 0 Å². The number of rotatable bonds is 4. The van der Waals surface area contributed by atoms with E-state index < -0.39 is 0 Å². The van der Waals surface area contributed by atoms with Gasteiger partial charge in [0.2, 0.25) is 5.88 Å². The van der Waals surface area contributed by atoms with Crippen LogP contribution in [0, 0.1) is 18.3 Å². The Morgan fingerprint density at radius 1 is 1.17 bits per heavy atom. The van der Waals surface area contributed by atoms with Crippen molar-refractivity contribution in [1.82, 2.24) is 4.57 Å². The third kappa shape index (κ3) is 3.08. The van der Waals surface area contributed by atoms with Gasteiger partial charge in [-0.2, -0.15) is 5.26 Å². The smallest absolute Gasteiger partial charge is 0.224 e. The van der Waals surface area contributed by atoms with Gasteiger partial charge in [-0.25, -0.2) is 0 Å². The van der Waals surface area contributed by atoms with Gasteiger partial charge >= 0.3 is 0 Å². The minimum atomic E-state index is 0.404. The number of para-hydroxylation sites is 1. The first-order chi connectivity index (χ1) is 11.6. The van der Waals surface area contributed by atoms with Crippen molar-refractivity contribution in [2.45, 2.75) is 13.5 Å². The van der Waals surface area contributed by atoms with Gasteiger partial charge in [0.25, 0.3) is 0 Å². The number of halogens is 1. The van der Waals surface area contributed by atoms with E-state index in [4.69, 9.17) is 22.1 Å². The molecular formula is C19H16ClN3O. The SMILES string of the molecule is Cc1ccccc1Oc1c(N)cc(C#N)n1Cc1ccccc1Cl. The number of nitriles is 1. The molecule has 0 atom stereocenters. The van der Waals surface area contributed by atoms with E-state index in [0.29, 0.717) is 34.6 Å². The fourth-order valence-corrected chi connectivity index (χ4v) is 2.68. The number of nitrogens with two attached hydrogens (primary N) is 1. The Bertz CT molecular complexity index is 925. The molecule has 0 aliphatic heterocycles. The standard InChI is InChI=1S/C19H16ClN3O/c1-13-6-2-5-9-18(13)24-19-17(22)10-15(11-21)23(19)12-14-7-3-4-8-16(14)20/h2-10H,12,22H2,1H3. The largest absolute Gasteiger partial charge is 0.438 e. The van der Waals surface area contributed by atoms with Crippen LogP contribution >= 0.6 is 11.6 Å². The second-order valence-electron chi connectivity index (χ2n) is 5.45. The van der Waals surface area contributed by atoms with E-state index in [0.717, 1.165) is 11.1 Å². The number of benzene rings is 2. The first-order valence-electron chi connectivity index (χ1n) is 7.46. The summed E-state index contributed by atoms with van der Waals surface area (Å²) in [7, 11) is 0. The zero-order valence-corrected chi connectivity index (χ0v) is 13.9. The summed E-state index contributed by atoms with van der Waals surface area (Å²) in [6, 6.07) is 18.9. The number of hydrogen-bond donors (Lipinski definition) is 1. The molecular weight excluding hydrogens is 322 g/mol. The van der Waals surface area contributed by atoms with Gasteiger partial charge in [0, 0.05) is 11.1 Å². The maximum atomic E-state index is 9.41. The van der Waals surface area contributed by atoms with E-state index in [9.17, 15) is 5.26 Å². The number of aromatic nitrogens is 1. The average Bonchev–Trinajstić information content (AvgIpc) is 2.87. The van der Waals surface area contributed by atoms with E-state index in [1.165, 1.54) is 0 Å². The van der Waals surface area contributed by atoms with E-state index in [1.807, 2.05) is 55.5 Å². The fraction of sp³-hybridized carbons (Fsp3) is 0.105. The number of anilines is 1. The van der Waals surface area contributed by atoms with Gasteiger partial charge in [-0.1, -0.05) is 48.0 Å². The Labute approximate surface area is 145 Å². The lowest BCUT2D eigenvalue weighted by atomic mass is 10.2. The number of ether oxygens (including phenoxy) is 1. The summed E-state index contributed by atoms with van der Waals surface area (Å²) in [5.41, 5.74) is 8.80. The second-order valence-corrected chi connectivity index (χ2v) is 5.85. The molecule has 0 saturated heterocycles. The fourth-order valence-electron chi connectivity index (χ4n) is 2.49. The molecule has 0 radical (unpaired) electrons. The van der Waals surface area contributed by atoms with E-state index >= 15 is 0 Å². The normalized spacial score (nSPS) is 10.4. The summed E-state index contributed by atoms with van der Waals surface area (Å²) < 4.78 is 7.75. The van der Waals surface area contributed by atoms with E-state index in [1.54, 1.807) is 10.6 Å². The molecule has 3 rings (SSSR count). The van der Waals surface area contributed by atoms with Crippen molar-refractivity contribution >= 4 is 17.3 Å². The quantitative estimate of drug-likeness (QED) is 0.747. The molecule has 120 valence electrons. The van der Waals surface area contributed by atoms with Crippen molar-refractivity contribution in [3.8, 4) is 17.7 Å². The Balaban J connectivity index is 2.04. The van der Waals surface area contributed by atoms with Crippen LogP contribution in [0.5, 0.6) is 11.6 Å². The number of hydrogen-bond acceptors (Lipinski definition) is 3. The molecule has 0 bridgehead atoms. The van der Waals surface area contributed by atoms with Crippen LogP contribution in [0.1, 0.15) is 16.8 Å². The topological polar surface area (TPSA) is 64.0 Å². The number of nitrogen functional groups attached to an aromatic ring is 1. The lowest BCUT2D eigenvalue weighted by Crippen LogP contribution is -2.06. The van der Waals surface area contributed by atoms with Crippen LogP contribution in [0.15, 0.2) is 54.6 Å². The molecule has 4 nitrogen and oxygen atoms in total. The van der Waals surface area contributed by atoms with Crippen molar-refractivity contribution < 1.29 is 4.74 Å². The van der Waals surface area contributed by atoms with Gasteiger partial charge in [0.05, 0.1) is 12.2 Å². The molecule has 1 aromatic heterocycles. The molecule has 0 fully saturated rings. The van der Waals surface area contributed by atoms with Gasteiger partial charge in [0.1, 0.15) is 17.5 Å². The van der Waals surface area contributed by atoms with Crippen LogP contribution in [0.4, 0.5) is 5.69 Å². The predicted molar refractivity (Wildman–Crippen MR) is 95.4 cm³/mol. The number of aryl methyl sites for hydroxylation is 1. The molecule has 3 aromatic rings. The van der Waals surface area contributed by atoms with Crippen LogP contribution in [0.25, 0.3) is 0 Å². The van der Waals surface area contributed by atoms with Crippen LogP contribution < -0.4 is 10.5 Å². The van der Waals surface area contributed by atoms with Gasteiger partial charge in [-0.05, 0) is 30.2 Å². The highest BCUT2D eigenvalue weighted by Crippen LogP contribution is 2.33.